The molecule has 7 heteroatoms. The van der Waals surface area contributed by atoms with Crippen molar-refractivity contribution in [1.82, 2.24) is 9.80 Å². The van der Waals surface area contributed by atoms with Gasteiger partial charge in [-0.05, 0) is 29.1 Å². The number of nitrogens with zero attached hydrogens (tertiary/aromatic N) is 2. The molecular formula is C21H24N2O4S. The molecule has 6 nitrogen and oxygen atoms in total. The van der Waals surface area contributed by atoms with E-state index >= 15 is 0 Å². The van der Waals surface area contributed by atoms with Gasteiger partial charge in [-0.3, -0.25) is 9.59 Å². The molecule has 4 rings (SSSR count). The van der Waals surface area contributed by atoms with Crippen molar-refractivity contribution >= 4 is 23.2 Å². The zero-order chi connectivity index (χ0) is 19.5. The van der Waals surface area contributed by atoms with E-state index < -0.39 is 0 Å². The fraction of sp³-hybridized carbons (Fsp3) is 0.429. The van der Waals surface area contributed by atoms with Crippen molar-refractivity contribution in [3.63, 3.8) is 0 Å². The number of amides is 2. The van der Waals surface area contributed by atoms with Crippen molar-refractivity contribution in [2.45, 2.75) is 5.92 Å². The van der Waals surface area contributed by atoms with Crippen LogP contribution in [-0.2, 0) is 9.53 Å². The minimum absolute atomic E-state index is 0.000161. The number of hydrogen-bond donors (Lipinski definition) is 0. The Hall–Kier alpha value is -2.38. The fourth-order valence-electron chi connectivity index (χ4n) is 4.00. The van der Waals surface area contributed by atoms with Crippen LogP contribution in [0.3, 0.4) is 0 Å². The van der Waals surface area contributed by atoms with Crippen molar-refractivity contribution in [2.75, 3.05) is 46.5 Å². The maximum absolute atomic E-state index is 13.3. The molecule has 0 aliphatic carbocycles. The predicted octanol–water partition coefficient (Wildman–Crippen LogP) is 2.47. The van der Waals surface area contributed by atoms with Gasteiger partial charge in [0.25, 0.3) is 5.91 Å². The van der Waals surface area contributed by atoms with Crippen LogP contribution in [0.4, 0.5) is 0 Å². The molecule has 2 fully saturated rings. The second kappa shape index (κ2) is 8.32. The van der Waals surface area contributed by atoms with Gasteiger partial charge in [-0.2, -0.15) is 0 Å². The Kier molecular flexibility index (Phi) is 5.64. The average molecular weight is 401 g/mol. The lowest BCUT2D eigenvalue weighted by Gasteiger charge is -2.30. The number of carbonyl (C=O) groups is 2. The number of rotatable bonds is 4. The molecule has 0 bridgehead atoms. The summed E-state index contributed by atoms with van der Waals surface area (Å²) in [4.78, 5) is 30.6. The highest BCUT2D eigenvalue weighted by Crippen LogP contribution is 2.36. The molecule has 0 saturated carbocycles. The Bertz CT molecular complexity index is 833. The van der Waals surface area contributed by atoms with E-state index in [0.29, 0.717) is 44.3 Å². The Labute approximate surface area is 168 Å². The molecule has 0 N–H and O–H groups in total. The van der Waals surface area contributed by atoms with Gasteiger partial charge in [0.2, 0.25) is 5.91 Å². The van der Waals surface area contributed by atoms with Gasteiger partial charge in [-0.15, -0.1) is 11.3 Å². The van der Waals surface area contributed by atoms with Gasteiger partial charge < -0.3 is 19.3 Å². The van der Waals surface area contributed by atoms with E-state index in [1.807, 2.05) is 51.6 Å². The number of benzene rings is 1. The summed E-state index contributed by atoms with van der Waals surface area (Å²) in [5, 5.41) is 1.90. The number of hydrogen-bond acceptors (Lipinski definition) is 5. The van der Waals surface area contributed by atoms with Crippen LogP contribution in [0.2, 0.25) is 0 Å². The maximum Gasteiger partial charge on any atom is 0.263 e. The Morgan fingerprint density at radius 2 is 1.93 bits per heavy atom. The van der Waals surface area contributed by atoms with Crippen molar-refractivity contribution in [2.24, 2.45) is 5.92 Å². The second-order valence-electron chi connectivity index (χ2n) is 7.11. The number of thiophene rings is 1. The summed E-state index contributed by atoms with van der Waals surface area (Å²) in [6.45, 7) is 3.33. The molecule has 1 aromatic heterocycles. The average Bonchev–Trinajstić information content (AvgIpc) is 3.44. The van der Waals surface area contributed by atoms with Crippen LogP contribution in [0.25, 0.3) is 0 Å². The van der Waals surface area contributed by atoms with E-state index in [1.165, 1.54) is 11.3 Å². The summed E-state index contributed by atoms with van der Waals surface area (Å²) in [7, 11) is 1.64. The smallest absolute Gasteiger partial charge is 0.263 e. The van der Waals surface area contributed by atoms with Gasteiger partial charge in [0, 0.05) is 32.1 Å². The predicted molar refractivity (Wildman–Crippen MR) is 107 cm³/mol. The highest BCUT2D eigenvalue weighted by atomic mass is 32.1. The van der Waals surface area contributed by atoms with Gasteiger partial charge in [0.1, 0.15) is 5.75 Å². The van der Waals surface area contributed by atoms with Gasteiger partial charge in [0.05, 0.1) is 31.1 Å². The molecule has 0 spiro atoms. The molecule has 28 heavy (non-hydrogen) atoms. The minimum atomic E-state index is -0.255. The molecular weight excluding hydrogens is 376 g/mol. The SMILES string of the molecule is COc1cccc(C2CN(C(=O)c3cccs3)CC2C(=O)N2CCOCC2)c1. The van der Waals surface area contributed by atoms with Crippen LogP contribution < -0.4 is 4.74 Å². The van der Waals surface area contributed by atoms with E-state index in [-0.39, 0.29) is 23.7 Å². The number of ether oxygens (including phenoxy) is 2. The quantitative estimate of drug-likeness (QED) is 0.791. The van der Waals surface area contributed by atoms with Gasteiger partial charge in [-0.25, -0.2) is 0 Å². The monoisotopic (exact) mass is 400 g/mol. The van der Waals surface area contributed by atoms with Crippen molar-refractivity contribution in [3.8, 4) is 5.75 Å². The first-order valence-electron chi connectivity index (χ1n) is 9.50. The van der Waals surface area contributed by atoms with Crippen LogP contribution in [0.15, 0.2) is 41.8 Å². The molecule has 1 aromatic carbocycles. The van der Waals surface area contributed by atoms with E-state index in [9.17, 15) is 9.59 Å². The number of carbonyl (C=O) groups excluding carboxylic acids is 2. The lowest BCUT2D eigenvalue weighted by Crippen LogP contribution is -2.45. The molecule has 0 radical (unpaired) electrons. The first-order valence-corrected chi connectivity index (χ1v) is 10.4. The van der Waals surface area contributed by atoms with Crippen LogP contribution in [0, 0.1) is 5.92 Å². The van der Waals surface area contributed by atoms with Crippen LogP contribution in [0.5, 0.6) is 5.75 Å². The minimum Gasteiger partial charge on any atom is -0.497 e. The number of likely N-dealkylation sites (tertiary alicyclic amines) is 1. The Morgan fingerprint density at radius 1 is 1.11 bits per heavy atom. The molecule has 2 aliphatic rings. The molecule has 2 unspecified atom stereocenters. The third kappa shape index (κ3) is 3.77. The Balaban J connectivity index is 1.61. The molecule has 3 heterocycles. The van der Waals surface area contributed by atoms with Crippen LogP contribution >= 0.6 is 11.3 Å². The first-order chi connectivity index (χ1) is 13.7. The lowest BCUT2D eigenvalue weighted by molar-refractivity contribution is -0.139. The molecule has 2 aromatic rings. The highest BCUT2D eigenvalue weighted by molar-refractivity contribution is 7.12. The normalized spacial score (nSPS) is 22.3. The van der Waals surface area contributed by atoms with Gasteiger partial charge in [-0.1, -0.05) is 18.2 Å². The lowest BCUT2D eigenvalue weighted by atomic mass is 9.87. The molecule has 148 valence electrons. The molecule has 2 atom stereocenters. The second-order valence-corrected chi connectivity index (χ2v) is 8.06. The van der Waals surface area contributed by atoms with Crippen LogP contribution in [-0.4, -0.2) is 68.1 Å². The number of morpholine rings is 1. The van der Waals surface area contributed by atoms with E-state index in [0.717, 1.165) is 11.3 Å². The van der Waals surface area contributed by atoms with Crippen molar-refractivity contribution in [3.05, 3.63) is 52.2 Å². The zero-order valence-electron chi connectivity index (χ0n) is 15.9. The standard InChI is InChI=1S/C21H24N2O4S/c1-26-16-5-2-4-15(12-16)17-13-23(21(25)19-6-3-11-28-19)14-18(17)20(24)22-7-9-27-10-8-22/h2-6,11-12,17-18H,7-10,13-14H2,1H3. The summed E-state index contributed by atoms with van der Waals surface area (Å²) in [5.74, 6) is 0.569. The highest BCUT2D eigenvalue weighted by Gasteiger charge is 2.42. The fourth-order valence-corrected chi connectivity index (χ4v) is 4.69. The zero-order valence-corrected chi connectivity index (χ0v) is 16.7. The van der Waals surface area contributed by atoms with Crippen molar-refractivity contribution in [1.29, 1.82) is 0 Å². The van der Waals surface area contributed by atoms with E-state index in [2.05, 4.69) is 0 Å². The summed E-state index contributed by atoms with van der Waals surface area (Å²) in [5.41, 5.74) is 1.03. The summed E-state index contributed by atoms with van der Waals surface area (Å²) >= 11 is 1.44. The third-order valence-electron chi connectivity index (χ3n) is 5.50. The molecule has 2 amide bonds. The van der Waals surface area contributed by atoms with Gasteiger partial charge in [0.15, 0.2) is 0 Å². The third-order valence-corrected chi connectivity index (χ3v) is 6.36. The molecule has 2 saturated heterocycles. The summed E-state index contributed by atoms with van der Waals surface area (Å²) in [6, 6.07) is 11.5. The number of methoxy groups -OCH3 is 1. The first kappa shape index (κ1) is 19.0. The van der Waals surface area contributed by atoms with E-state index in [1.54, 1.807) is 7.11 Å². The topological polar surface area (TPSA) is 59.1 Å². The molecule has 2 aliphatic heterocycles. The van der Waals surface area contributed by atoms with E-state index in [4.69, 9.17) is 9.47 Å². The van der Waals surface area contributed by atoms with Gasteiger partial charge >= 0.3 is 0 Å². The summed E-state index contributed by atoms with van der Waals surface area (Å²) < 4.78 is 10.8. The Morgan fingerprint density at radius 3 is 2.64 bits per heavy atom. The largest absolute Gasteiger partial charge is 0.497 e. The van der Waals surface area contributed by atoms with Crippen molar-refractivity contribution < 1.29 is 19.1 Å². The maximum atomic E-state index is 13.3. The van der Waals surface area contributed by atoms with Crippen LogP contribution in [0.1, 0.15) is 21.2 Å². The summed E-state index contributed by atoms with van der Waals surface area (Å²) in [6.07, 6.45) is 0.